The van der Waals surface area contributed by atoms with Crippen molar-refractivity contribution in [1.82, 2.24) is 15.1 Å². The van der Waals surface area contributed by atoms with Crippen molar-refractivity contribution in [3.05, 3.63) is 11.2 Å². The molecule has 8 heteroatoms. The quantitative estimate of drug-likeness (QED) is 0.899. The van der Waals surface area contributed by atoms with Crippen LogP contribution in [0.5, 0.6) is 0 Å². The molecule has 0 amide bonds. The Labute approximate surface area is 118 Å². The van der Waals surface area contributed by atoms with Gasteiger partial charge in [-0.1, -0.05) is 11.6 Å². The van der Waals surface area contributed by atoms with Crippen molar-refractivity contribution in [2.45, 2.75) is 23.8 Å². The number of hydrogen-bond donors (Lipinski definition) is 1. The van der Waals surface area contributed by atoms with E-state index in [0.29, 0.717) is 0 Å². The number of likely N-dealkylation sites (tertiary alicyclic amines) is 1. The molecule has 1 N–H and O–H groups in total. The van der Waals surface area contributed by atoms with Crippen LogP contribution in [0, 0.1) is 0 Å². The number of likely N-dealkylation sites (N-methyl/N-ethyl adjacent to an activating group) is 1. The highest BCUT2D eigenvalue weighted by atomic mass is 35.5. The van der Waals surface area contributed by atoms with E-state index in [0.717, 1.165) is 32.2 Å². The smallest absolute Gasteiger partial charge is 0.179 e. The van der Waals surface area contributed by atoms with Crippen molar-refractivity contribution < 1.29 is 8.42 Å². The first kappa shape index (κ1) is 14.5. The van der Waals surface area contributed by atoms with Crippen LogP contribution in [0.25, 0.3) is 0 Å². The molecule has 1 aliphatic heterocycles. The number of aromatic nitrogens is 2. The van der Waals surface area contributed by atoms with E-state index in [2.05, 4.69) is 20.4 Å². The topological polar surface area (TPSA) is 75.2 Å². The summed E-state index contributed by atoms with van der Waals surface area (Å²) in [5.74, 6) is 0.284. The van der Waals surface area contributed by atoms with Gasteiger partial charge >= 0.3 is 0 Å². The molecule has 1 saturated heterocycles. The van der Waals surface area contributed by atoms with Crippen LogP contribution >= 0.6 is 11.6 Å². The van der Waals surface area contributed by atoms with Gasteiger partial charge in [-0.15, -0.1) is 10.2 Å². The second kappa shape index (κ2) is 5.60. The summed E-state index contributed by atoms with van der Waals surface area (Å²) < 4.78 is 23.5. The second-order valence-electron chi connectivity index (χ2n) is 4.90. The number of nitrogens with zero attached hydrogens (tertiary/aromatic N) is 3. The molecule has 1 aromatic rings. The van der Waals surface area contributed by atoms with Crippen molar-refractivity contribution in [1.29, 1.82) is 0 Å². The Morgan fingerprint density at radius 3 is 2.84 bits per heavy atom. The predicted octanol–water partition coefficient (Wildman–Crippen LogP) is 1.04. The fourth-order valence-corrected chi connectivity index (χ4v) is 3.20. The number of halogens is 1. The van der Waals surface area contributed by atoms with Gasteiger partial charge in [0, 0.05) is 18.8 Å². The van der Waals surface area contributed by atoms with Crippen molar-refractivity contribution >= 4 is 27.3 Å². The molecule has 19 heavy (non-hydrogen) atoms. The summed E-state index contributed by atoms with van der Waals surface area (Å²) in [5, 5.41) is 10.8. The van der Waals surface area contributed by atoms with Gasteiger partial charge < -0.3 is 10.2 Å². The van der Waals surface area contributed by atoms with E-state index in [4.69, 9.17) is 11.6 Å². The van der Waals surface area contributed by atoms with E-state index in [1.807, 2.05) is 7.05 Å². The minimum atomic E-state index is -3.38. The molecular formula is C11H17ClN4O2S. The number of nitrogens with one attached hydrogen (secondary N) is 1. The summed E-state index contributed by atoms with van der Waals surface area (Å²) in [6.45, 7) is 1.91. The van der Waals surface area contributed by atoms with Crippen LogP contribution in [0.4, 0.5) is 5.82 Å². The van der Waals surface area contributed by atoms with Gasteiger partial charge in [0.2, 0.25) is 0 Å². The van der Waals surface area contributed by atoms with Crippen molar-refractivity contribution in [2.75, 3.05) is 31.7 Å². The maximum atomic E-state index is 11.7. The molecule has 0 spiro atoms. The number of hydrogen-bond acceptors (Lipinski definition) is 6. The highest BCUT2D eigenvalue weighted by Crippen LogP contribution is 2.23. The molecular weight excluding hydrogens is 288 g/mol. The molecule has 2 rings (SSSR count). The maximum Gasteiger partial charge on any atom is 0.179 e. The van der Waals surface area contributed by atoms with Gasteiger partial charge in [0.1, 0.15) is 4.90 Å². The lowest BCUT2D eigenvalue weighted by Gasteiger charge is -2.30. The summed E-state index contributed by atoms with van der Waals surface area (Å²) in [4.78, 5) is 2.30. The van der Waals surface area contributed by atoms with E-state index in [-0.39, 0.29) is 21.9 Å². The third kappa shape index (κ3) is 3.77. The number of anilines is 1. The van der Waals surface area contributed by atoms with Gasteiger partial charge in [-0.25, -0.2) is 8.42 Å². The fourth-order valence-electron chi connectivity index (χ4n) is 2.21. The Balaban J connectivity index is 2.25. The Bertz CT molecular complexity index is 564. The van der Waals surface area contributed by atoms with Crippen LogP contribution in [0.15, 0.2) is 11.0 Å². The molecule has 0 radical (unpaired) electrons. The summed E-state index contributed by atoms with van der Waals surface area (Å²) >= 11 is 5.71. The van der Waals surface area contributed by atoms with Gasteiger partial charge in [-0.2, -0.15) is 0 Å². The molecule has 106 valence electrons. The Morgan fingerprint density at radius 2 is 2.21 bits per heavy atom. The zero-order chi connectivity index (χ0) is 14.0. The average molecular weight is 305 g/mol. The SMILES string of the molecule is CN1CCC[C@@H](Nc2nnc(Cl)cc2S(C)(=O)=O)C1. The van der Waals surface area contributed by atoms with Gasteiger partial charge in [-0.05, 0) is 32.5 Å². The summed E-state index contributed by atoms with van der Waals surface area (Å²) in [6.07, 6.45) is 3.19. The van der Waals surface area contributed by atoms with Crippen molar-refractivity contribution in [3.63, 3.8) is 0 Å². The highest BCUT2D eigenvalue weighted by Gasteiger charge is 2.22. The maximum absolute atomic E-state index is 11.7. The minimum Gasteiger partial charge on any atom is -0.363 e. The van der Waals surface area contributed by atoms with Crippen LogP contribution in [0.2, 0.25) is 5.15 Å². The molecule has 1 fully saturated rings. The average Bonchev–Trinajstić information content (AvgIpc) is 2.30. The Morgan fingerprint density at radius 1 is 1.47 bits per heavy atom. The summed E-state index contributed by atoms with van der Waals surface area (Å²) in [7, 11) is -1.34. The van der Waals surface area contributed by atoms with Crippen molar-refractivity contribution in [3.8, 4) is 0 Å². The summed E-state index contributed by atoms with van der Waals surface area (Å²) in [6, 6.07) is 1.51. The van der Waals surface area contributed by atoms with E-state index in [1.54, 1.807) is 0 Å². The monoisotopic (exact) mass is 304 g/mol. The standard InChI is InChI=1S/C11H17ClN4O2S/c1-16-5-3-4-8(7-16)13-11-9(19(2,17)18)6-10(12)14-15-11/h6,8H,3-5,7H2,1-2H3,(H,13,15)/t8-/m1/s1. The predicted molar refractivity (Wildman–Crippen MR) is 74.3 cm³/mol. The lowest BCUT2D eigenvalue weighted by molar-refractivity contribution is 0.260. The number of piperidine rings is 1. The molecule has 1 aliphatic rings. The molecule has 2 heterocycles. The van der Waals surface area contributed by atoms with E-state index < -0.39 is 9.84 Å². The highest BCUT2D eigenvalue weighted by molar-refractivity contribution is 7.90. The Kier molecular flexibility index (Phi) is 4.27. The molecule has 0 aromatic carbocycles. The van der Waals surface area contributed by atoms with Crippen LogP contribution in [0.3, 0.4) is 0 Å². The summed E-state index contributed by atoms with van der Waals surface area (Å²) in [5.41, 5.74) is 0. The molecule has 0 bridgehead atoms. The molecule has 1 atom stereocenters. The van der Waals surface area contributed by atoms with Crippen molar-refractivity contribution in [2.24, 2.45) is 0 Å². The van der Waals surface area contributed by atoms with E-state index >= 15 is 0 Å². The van der Waals surface area contributed by atoms with E-state index in [9.17, 15) is 8.42 Å². The molecule has 0 aliphatic carbocycles. The van der Waals surface area contributed by atoms with Gasteiger partial charge in [0.15, 0.2) is 20.8 Å². The minimum absolute atomic E-state index is 0.0757. The normalized spacial score (nSPS) is 21.3. The molecule has 6 nitrogen and oxygen atoms in total. The zero-order valence-corrected chi connectivity index (χ0v) is 12.5. The number of rotatable bonds is 3. The third-order valence-electron chi connectivity index (χ3n) is 3.09. The Hall–Kier alpha value is -0.920. The van der Waals surface area contributed by atoms with E-state index in [1.165, 1.54) is 6.07 Å². The van der Waals surface area contributed by atoms with Crippen LogP contribution in [-0.2, 0) is 9.84 Å². The largest absolute Gasteiger partial charge is 0.363 e. The lowest BCUT2D eigenvalue weighted by Crippen LogP contribution is -2.40. The zero-order valence-electron chi connectivity index (χ0n) is 10.9. The van der Waals surface area contributed by atoms with Crippen LogP contribution in [0.1, 0.15) is 12.8 Å². The van der Waals surface area contributed by atoms with Gasteiger partial charge in [-0.3, -0.25) is 0 Å². The molecule has 0 unspecified atom stereocenters. The molecule has 1 aromatic heterocycles. The van der Waals surface area contributed by atoms with Gasteiger partial charge in [0.25, 0.3) is 0 Å². The second-order valence-corrected chi connectivity index (χ2v) is 7.27. The van der Waals surface area contributed by atoms with Gasteiger partial charge in [0.05, 0.1) is 0 Å². The van der Waals surface area contributed by atoms with Crippen LogP contribution < -0.4 is 5.32 Å². The first-order valence-electron chi connectivity index (χ1n) is 6.04. The fraction of sp³-hybridized carbons (Fsp3) is 0.636. The molecule has 0 saturated carbocycles. The third-order valence-corrected chi connectivity index (χ3v) is 4.39. The van der Waals surface area contributed by atoms with Crippen LogP contribution in [-0.4, -0.2) is 55.9 Å². The lowest BCUT2D eigenvalue weighted by atomic mass is 10.1. The first-order valence-corrected chi connectivity index (χ1v) is 8.31. The number of sulfone groups is 1. The first-order chi connectivity index (χ1) is 8.86.